The van der Waals surface area contributed by atoms with E-state index in [1.165, 1.54) is 0 Å². The van der Waals surface area contributed by atoms with Crippen LogP contribution in [0.15, 0.2) is 0 Å². The van der Waals surface area contributed by atoms with E-state index < -0.39 is 44.5 Å². The van der Waals surface area contributed by atoms with E-state index in [1.807, 2.05) is 0 Å². The van der Waals surface area contributed by atoms with Gasteiger partial charge in [-0.1, -0.05) is 0 Å². The molecule has 0 fully saturated rings. The first-order chi connectivity index (χ1) is 8.40. The summed E-state index contributed by atoms with van der Waals surface area (Å²) in [5.41, 5.74) is 0. The van der Waals surface area contributed by atoms with Crippen LogP contribution in [-0.2, 0) is 17.0 Å². The summed E-state index contributed by atoms with van der Waals surface area (Å²) < 4.78 is 6.31. The zero-order chi connectivity index (χ0) is 16.7. The molecule has 0 spiro atoms. The third-order valence-electron chi connectivity index (χ3n) is 3.07. The van der Waals surface area contributed by atoms with Crippen molar-refractivity contribution in [3.63, 3.8) is 0 Å². The van der Waals surface area contributed by atoms with Gasteiger partial charge in [0, 0.05) is 0 Å². The van der Waals surface area contributed by atoms with Crippen molar-refractivity contribution in [2.24, 2.45) is 0 Å². The van der Waals surface area contributed by atoms with Gasteiger partial charge < -0.3 is 0 Å². The van der Waals surface area contributed by atoms with E-state index >= 15 is 0 Å². The number of rotatable bonds is 6. The molecule has 120 valence electrons. The van der Waals surface area contributed by atoms with Gasteiger partial charge in [-0.15, -0.1) is 0 Å². The predicted octanol–water partition coefficient (Wildman–Crippen LogP) is 4.46. The summed E-state index contributed by atoms with van der Waals surface area (Å²) in [5.74, 6) is 0. The van der Waals surface area contributed by atoms with Crippen molar-refractivity contribution in [1.82, 2.24) is 6.38 Å². The maximum atomic E-state index is 3.15. The SMILES string of the molecule is C[Si](C)(C)[N]([Ge](=[Mo])[N]([Si](C)(C)C)[Si](C)(C)C)[Si](C)(C)C. The third-order valence-corrected chi connectivity index (χ3v) is 52.9. The Labute approximate surface area is 145 Å². The molecule has 0 N–H and O–H groups in total. The Morgan fingerprint density at radius 3 is 0.750 bits per heavy atom. The number of hydrogen-bond acceptors (Lipinski definition) is 2. The monoisotopic (exact) mass is 492 g/mol. The second kappa shape index (κ2) is 6.87. The Morgan fingerprint density at radius 1 is 0.500 bits per heavy atom. The fraction of sp³-hybridized carbons (Fsp3) is 1.00. The van der Waals surface area contributed by atoms with Crippen molar-refractivity contribution in [2.75, 3.05) is 0 Å². The van der Waals surface area contributed by atoms with Crippen LogP contribution in [0.3, 0.4) is 0 Å². The van der Waals surface area contributed by atoms with Gasteiger partial charge in [0.1, 0.15) is 0 Å². The molecule has 0 bridgehead atoms. The van der Waals surface area contributed by atoms with Crippen molar-refractivity contribution in [3.8, 4) is 0 Å². The minimum absolute atomic E-state index is 1.23. The van der Waals surface area contributed by atoms with Crippen LogP contribution in [0.5, 0.6) is 0 Å². The first-order valence-corrected chi connectivity index (χ1v) is 29.3. The fourth-order valence-electron chi connectivity index (χ4n) is 3.26. The van der Waals surface area contributed by atoms with E-state index in [-0.39, 0.29) is 0 Å². The molecule has 0 aliphatic carbocycles. The van der Waals surface area contributed by atoms with E-state index in [1.54, 1.807) is 0 Å². The zero-order valence-corrected chi connectivity index (χ0v) is 23.9. The quantitative estimate of drug-likeness (QED) is 0.509. The summed E-state index contributed by atoms with van der Waals surface area (Å²) in [6, 6.07) is 0. The summed E-state index contributed by atoms with van der Waals surface area (Å²) >= 11 is 1.24. The van der Waals surface area contributed by atoms with Gasteiger partial charge in [-0.25, -0.2) is 0 Å². The second-order valence-electron chi connectivity index (χ2n) is 9.64. The number of hydrogen-bond donors (Lipinski definition) is 0. The summed E-state index contributed by atoms with van der Waals surface area (Å²) in [4.78, 5) is 0. The van der Waals surface area contributed by atoms with E-state index in [9.17, 15) is 0 Å². The van der Waals surface area contributed by atoms with Crippen LogP contribution in [0.4, 0.5) is 0 Å². The molecule has 0 aromatic carbocycles. The van der Waals surface area contributed by atoms with E-state index in [0.29, 0.717) is 0 Å². The molecule has 0 heterocycles. The van der Waals surface area contributed by atoms with Crippen LogP contribution in [-0.4, -0.2) is 50.9 Å². The van der Waals surface area contributed by atoms with Gasteiger partial charge in [-0.2, -0.15) is 0 Å². The van der Waals surface area contributed by atoms with Crippen LogP contribution >= 0.6 is 0 Å². The average molecular weight is 489 g/mol. The molecule has 20 heavy (non-hydrogen) atoms. The molecular weight excluding hydrogens is 453 g/mol. The average Bonchev–Trinajstić information content (AvgIpc) is 1.88. The van der Waals surface area contributed by atoms with Crippen molar-refractivity contribution in [1.29, 1.82) is 0 Å². The zero-order valence-electron chi connectivity index (χ0n) is 15.8. The summed E-state index contributed by atoms with van der Waals surface area (Å²) in [6.07, 6.45) is 0. The summed E-state index contributed by atoms with van der Waals surface area (Å²) in [7, 11) is -4.92. The van der Waals surface area contributed by atoms with Crippen LogP contribution in [0.2, 0.25) is 78.6 Å². The third kappa shape index (κ3) is 6.26. The molecule has 0 aliphatic heterocycles. The molecule has 0 amide bonds. The minimum atomic E-state index is -1.34. The molecule has 0 saturated heterocycles. The normalized spacial score (nSPS) is 15.1. The fourth-order valence-corrected chi connectivity index (χ4v) is 82.7. The number of nitrogens with zero attached hydrogens (tertiary/aromatic N) is 2. The molecular formula is C12H36GeMoN2Si4. The first-order valence-electron chi connectivity index (χ1n) is 7.55. The van der Waals surface area contributed by atoms with Crippen LogP contribution in [0, 0.1) is 0 Å². The van der Waals surface area contributed by atoms with Gasteiger partial charge in [-0.3, -0.25) is 0 Å². The standard InChI is InChI=1S/C12H36GeN2Si4.Mo/c1-16(2,3)14(17(4,5)6)13-15(18(7,8)9)19(10,11)12;/h1-12H3;. The maximum absolute atomic E-state index is 3.15. The molecule has 0 aromatic heterocycles. The summed E-state index contributed by atoms with van der Waals surface area (Å²) in [5, 5.41) is 0. The van der Waals surface area contributed by atoms with Crippen LogP contribution in [0.25, 0.3) is 0 Å². The van der Waals surface area contributed by atoms with Gasteiger partial charge in [0.25, 0.3) is 0 Å². The molecule has 0 atom stereocenters. The second-order valence-corrected chi connectivity index (χ2v) is 41.2. The van der Waals surface area contributed by atoms with Gasteiger partial charge in [-0.05, 0) is 0 Å². The Morgan fingerprint density at radius 2 is 0.650 bits per heavy atom. The Balaban J connectivity index is 5.89. The molecule has 0 aromatic rings. The van der Waals surface area contributed by atoms with Gasteiger partial charge in [0.2, 0.25) is 0 Å². The summed E-state index contributed by atoms with van der Waals surface area (Å²) in [6.45, 7) is 30.8. The molecule has 2 nitrogen and oxygen atoms in total. The Kier molecular flexibility index (Phi) is 7.56. The first kappa shape index (κ1) is 22.0. The van der Waals surface area contributed by atoms with Gasteiger partial charge in [0.05, 0.1) is 0 Å². The van der Waals surface area contributed by atoms with Crippen LogP contribution in [0.1, 0.15) is 0 Å². The topological polar surface area (TPSA) is 6.48 Å². The van der Waals surface area contributed by atoms with Crippen molar-refractivity contribution >= 4 is 44.5 Å². The van der Waals surface area contributed by atoms with Gasteiger partial charge >= 0.3 is 146 Å². The van der Waals surface area contributed by atoms with E-state index in [0.717, 1.165) is 0 Å². The van der Waals surface area contributed by atoms with E-state index in [4.69, 9.17) is 0 Å². The van der Waals surface area contributed by atoms with Gasteiger partial charge in [0.15, 0.2) is 0 Å². The van der Waals surface area contributed by atoms with Crippen LogP contribution < -0.4 is 0 Å². The van der Waals surface area contributed by atoms with Crippen molar-refractivity contribution in [2.45, 2.75) is 78.6 Å². The molecule has 8 heteroatoms. The molecule has 0 saturated carbocycles. The van der Waals surface area contributed by atoms with E-state index in [2.05, 4.69) is 102 Å². The molecule has 0 radical (unpaired) electrons. The molecule has 0 unspecified atom stereocenters. The Bertz CT molecular complexity index is 302. The molecule has 0 aliphatic rings. The van der Waals surface area contributed by atoms with Crippen molar-refractivity contribution < 1.29 is 17.0 Å². The molecule has 0 rings (SSSR count). The van der Waals surface area contributed by atoms with Crippen molar-refractivity contribution in [3.05, 3.63) is 0 Å². The predicted molar refractivity (Wildman–Crippen MR) is 103 cm³/mol. The Hall–Kier alpha value is 2.02.